The Morgan fingerprint density at radius 3 is 2.55 bits per heavy atom. The maximum atomic E-state index is 12.4. The van der Waals surface area contributed by atoms with E-state index in [1.807, 2.05) is 0 Å². The molecule has 3 amide bonds. The second-order valence-electron chi connectivity index (χ2n) is 6.40. The molecule has 1 heterocycles. The SMILES string of the molecule is COc1ccc(/C=C/C(=O)NC(C)C(=O)N(C)CC(=O)Nc2cc(C)on2)cc1. The molecule has 0 aliphatic rings. The summed E-state index contributed by atoms with van der Waals surface area (Å²) in [6, 6.07) is 7.95. The van der Waals surface area contributed by atoms with Crippen LogP contribution in [0.3, 0.4) is 0 Å². The van der Waals surface area contributed by atoms with Gasteiger partial charge in [0.05, 0.1) is 13.7 Å². The Balaban J connectivity index is 1.82. The summed E-state index contributed by atoms with van der Waals surface area (Å²) in [5.74, 6) is 0.311. The molecule has 9 heteroatoms. The Morgan fingerprint density at radius 1 is 1.28 bits per heavy atom. The van der Waals surface area contributed by atoms with Crippen LogP contribution in [0.25, 0.3) is 6.08 Å². The number of rotatable bonds is 8. The van der Waals surface area contributed by atoms with E-state index in [0.717, 1.165) is 11.3 Å². The lowest BCUT2D eigenvalue weighted by atomic mass is 10.2. The molecule has 1 aromatic heterocycles. The van der Waals surface area contributed by atoms with E-state index >= 15 is 0 Å². The summed E-state index contributed by atoms with van der Waals surface area (Å²) in [6.07, 6.45) is 2.97. The predicted molar refractivity (Wildman–Crippen MR) is 107 cm³/mol. The zero-order valence-corrected chi connectivity index (χ0v) is 16.8. The molecule has 0 aliphatic heterocycles. The molecule has 2 N–H and O–H groups in total. The van der Waals surface area contributed by atoms with Gasteiger partial charge >= 0.3 is 0 Å². The molecule has 0 saturated carbocycles. The van der Waals surface area contributed by atoms with Crippen LogP contribution >= 0.6 is 0 Å². The third kappa shape index (κ3) is 6.80. The molecular formula is C20H24N4O5. The summed E-state index contributed by atoms with van der Waals surface area (Å²) in [5.41, 5.74) is 0.816. The van der Waals surface area contributed by atoms with Crippen LogP contribution in [0.2, 0.25) is 0 Å². The highest BCUT2D eigenvalue weighted by molar-refractivity contribution is 5.97. The summed E-state index contributed by atoms with van der Waals surface area (Å²) in [4.78, 5) is 37.6. The van der Waals surface area contributed by atoms with Crippen molar-refractivity contribution < 1.29 is 23.6 Å². The minimum absolute atomic E-state index is 0.188. The lowest BCUT2D eigenvalue weighted by Gasteiger charge is -2.21. The van der Waals surface area contributed by atoms with Crippen molar-refractivity contribution in [2.24, 2.45) is 0 Å². The van der Waals surface area contributed by atoms with Crippen LogP contribution in [0.1, 0.15) is 18.2 Å². The van der Waals surface area contributed by atoms with Crippen LogP contribution in [0.4, 0.5) is 5.82 Å². The third-order valence-electron chi connectivity index (χ3n) is 3.92. The fourth-order valence-electron chi connectivity index (χ4n) is 2.44. The van der Waals surface area contributed by atoms with Crippen LogP contribution in [0.5, 0.6) is 5.75 Å². The van der Waals surface area contributed by atoms with Gasteiger partial charge in [0.1, 0.15) is 17.6 Å². The third-order valence-corrected chi connectivity index (χ3v) is 3.92. The smallest absolute Gasteiger partial charge is 0.245 e. The molecule has 0 saturated heterocycles. The van der Waals surface area contributed by atoms with Crippen LogP contribution < -0.4 is 15.4 Å². The molecular weight excluding hydrogens is 376 g/mol. The van der Waals surface area contributed by atoms with Gasteiger partial charge in [0.25, 0.3) is 0 Å². The highest BCUT2D eigenvalue weighted by Crippen LogP contribution is 2.12. The molecule has 2 rings (SSSR count). The van der Waals surface area contributed by atoms with Crippen LogP contribution in [0.15, 0.2) is 40.9 Å². The van der Waals surface area contributed by atoms with Gasteiger partial charge in [0.15, 0.2) is 5.82 Å². The van der Waals surface area contributed by atoms with Gasteiger partial charge in [-0.2, -0.15) is 0 Å². The van der Waals surface area contributed by atoms with Crippen LogP contribution in [0, 0.1) is 6.92 Å². The first-order chi connectivity index (χ1) is 13.8. The second kappa shape index (κ2) is 10.1. The number of nitrogens with zero attached hydrogens (tertiary/aromatic N) is 2. The fraction of sp³-hybridized carbons (Fsp3) is 0.300. The fourth-order valence-corrected chi connectivity index (χ4v) is 2.44. The Kier molecular flexibility index (Phi) is 7.53. The first-order valence-corrected chi connectivity index (χ1v) is 8.89. The van der Waals surface area contributed by atoms with Crippen molar-refractivity contribution in [1.29, 1.82) is 0 Å². The summed E-state index contributed by atoms with van der Waals surface area (Å²) in [6.45, 7) is 3.06. The van der Waals surface area contributed by atoms with Crippen molar-refractivity contribution in [2.45, 2.75) is 19.9 Å². The number of methoxy groups -OCH3 is 1. The Hall–Kier alpha value is -3.62. The van der Waals surface area contributed by atoms with Gasteiger partial charge in [-0.1, -0.05) is 17.3 Å². The van der Waals surface area contributed by atoms with Gasteiger partial charge in [-0.25, -0.2) is 0 Å². The number of aryl methyl sites for hydroxylation is 1. The minimum atomic E-state index is -0.796. The number of benzene rings is 1. The van der Waals surface area contributed by atoms with Crippen molar-refractivity contribution in [2.75, 3.05) is 26.0 Å². The van der Waals surface area contributed by atoms with Crippen molar-refractivity contribution in [3.8, 4) is 5.75 Å². The molecule has 0 spiro atoms. The zero-order chi connectivity index (χ0) is 21.4. The summed E-state index contributed by atoms with van der Waals surface area (Å²) < 4.78 is 9.94. The van der Waals surface area contributed by atoms with E-state index in [-0.39, 0.29) is 12.4 Å². The standard InChI is InChI=1S/C20H24N4O5/c1-13-11-17(23-29-13)22-19(26)12-24(3)20(27)14(2)21-18(25)10-7-15-5-8-16(28-4)9-6-15/h5-11,14H,12H2,1-4H3,(H,21,25)(H,22,23,26)/b10-7+. The van der Waals surface area contributed by atoms with Crippen molar-refractivity contribution in [1.82, 2.24) is 15.4 Å². The van der Waals surface area contributed by atoms with Gasteiger partial charge in [-0.05, 0) is 37.6 Å². The molecule has 1 unspecified atom stereocenters. The van der Waals surface area contributed by atoms with E-state index in [0.29, 0.717) is 5.76 Å². The number of carbonyl (C=O) groups is 3. The number of ether oxygens (including phenoxy) is 1. The molecule has 29 heavy (non-hydrogen) atoms. The average molecular weight is 400 g/mol. The lowest BCUT2D eigenvalue weighted by molar-refractivity contribution is -0.136. The maximum absolute atomic E-state index is 12.4. The van der Waals surface area contributed by atoms with Gasteiger partial charge < -0.3 is 24.8 Å². The maximum Gasteiger partial charge on any atom is 0.245 e. The number of nitrogens with one attached hydrogen (secondary N) is 2. The van der Waals surface area contributed by atoms with E-state index in [4.69, 9.17) is 9.26 Å². The number of amides is 3. The van der Waals surface area contributed by atoms with E-state index < -0.39 is 23.8 Å². The quantitative estimate of drug-likeness (QED) is 0.651. The van der Waals surface area contributed by atoms with Gasteiger partial charge in [-0.3, -0.25) is 14.4 Å². The number of hydrogen-bond donors (Lipinski definition) is 2. The highest BCUT2D eigenvalue weighted by Gasteiger charge is 2.21. The zero-order valence-electron chi connectivity index (χ0n) is 16.8. The molecule has 1 aromatic carbocycles. The van der Waals surface area contributed by atoms with E-state index in [9.17, 15) is 14.4 Å². The number of likely N-dealkylation sites (N-methyl/N-ethyl adjacent to an activating group) is 1. The van der Waals surface area contributed by atoms with Gasteiger partial charge in [-0.15, -0.1) is 0 Å². The van der Waals surface area contributed by atoms with Crippen LogP contribution in [-0.2, 0) is 14.4 Å². The normalized spacial score (nSPS) is 11.7. The van der Waals surface area contributed by atoms with E-state index in [2.05, 4.69) is 15.8 Å². The molecule has 0 aliphatic carbocycles. The highest BCUT2D eigenvalue weighted by atomic mass is 16.5. The number of carbonyl (C=O) groups excluding carboxylic acids is 3. The summed E-state index contributed by atoms with van der Waals surface area (Å²) in [5, 5.41) is 8.76. The summed E-state index contributed by atoms with van der Waals surface area (Å²) in [7, 11) is 3.05. The topological polar surface area (TPSA) is 114 Å². The predicted octanol–water partition coefficient (Wildman–Crippen LogP) is 1.61. The molecule has 0 radical (unpaired) electrons. The van der Waals surface area contributed by atoms with Crippen molar-refractivity contribution >= 4 is 29.6 Å². The first-order valence-electron chi connectivity index (χ1n) is 8.89. The van der Waals surface area contributed by atoms with Crippen LogP contribution in [-0.4, -0.2) is 54.5 Å². The number of anilines is 1. The van der Waals surface area contributed by atoms with E-state index in [1.165, 1.54) is 18.0 Å². The van der Waals surface area contributed by atoms with Gasteiger partial charge in [0, 0.05) is 19.2 Å². The molecule has 154 valence electrons. The monoisotopic (exact) mass is 400 g/mol. The average Bonchev–Trinajstić information content (AvgIpc) is 3.10. The van der Waals surface area contributed by atoms with E-state index in [1.54, 1.807) is 57.4 Å². The molecule has 0 bridgehead atoms. The minimum Gasteiger partial charge on any atom is -0.497 e. The lowest BCUT2D eigenvalue weighted by Crippen LogP contribution is -2.47. The molecule has 2 aromatic rings. The van der Waals surface area contributed by atoms with Gasteiger partial charge in [0.2, 0.25) is 17.7 Å². The molecule has 9 nitrogen and oxygen atoms in total. The Bertz CT molecular complexity index is 889. The van der Waals surface area contributed by atoms with Crippen molar-refractivity contribution in [3.63, 3.8) is 0 Å². The second-order valence-corrected chi connectivity index (χ2v) is 6.40. The van der Waals surface area contributed by atoms with Crippen molar-refractivity contribution in [3.05, 3.63) is 47.7 Å². The Labute approximate surface area is 168 Å². The first kappa shape index (κ1) is 21.7. The molecule has 1 atom stereocenters. The number of hydrogen-bond acceptors (Lipinski definition) is 6. The molecule has 0 fully saturated rings. The Morgan fingerprint density at radius 2 is 1.97 bits per heavy atom. The largest absolute Gasteiger partial charge is 0.497 e. The number of aromatic nitrogens is 1. The summed E-state index contributed by atoms with van der Waals surface area (Å²) >= 11 is 0.